The number of benzene rings is 2. The van der Waals surface area contributed by atoms with Crippen LogP contribution in [0, 0.1) is 0 Å². The zero-order chi connectivity index (χ0) is 14.7. The Morgan fingerprint density at radius 2 is 1.86 bits per heavy atom. The number of ether oxygens (including phenoxy) is 1. The van der Waals surface area contributed by atoms with E-state index in [0.717, 1.165) is 0 Å². The van der Waals surface area contributed by atoms with Crippen LogP contribution in [0.15, 0.2) is 59.7 Å². The van der Waals surface area contributed by atoms with Crippen molar-refractivity contribution < 1.29 is 4.74 Å². The molecule has 4 nitrogen and oxygen atoms in total. The third kappa shape index (κ3) is 2.90. The number of aromatic nitrogens is 2. The second-order valence-corrected chi connectivity index (χ2v) is 4.95. The zero-order valence-electron chi connectivity index (χ0n) is 11.2. The molecule has 21 heavy (non-hydrogen) atoms. The third-order valence-corrected chi connectivity index (χ3v) is 3.47. The first-order valence-electron chi connectivity index (χ1n) is 6.57. The van der Waals surface area contributed by atoms with Gasteiger partial charge in [-0.1, -0.05) is 35.9 Å². The van der Waals surface area contributed by atoms with Crippen molar-refractivity contribution in [3.63, 3.8) is 0 Å². The lowest BCUT2D eigenvalue weighted by Gasteiger charge is -2.09. The normalized spacial score (nSPS) is 10.7. The average molecular weight is 301 g/mol. The summed E-state index contributed by atoms with van der Waals surface area (Å²) in [5, 5.41) is 1.17. The van der Waals surface area contributed by atoms with Crippen LogP contribution in [-0.2, 0) is 6.54 Å². The number of rotatable bonds is 4. The van der Waals surface area contributed by atoms with Gasteiger partial charge in [0.2, 0.25) is 0 Å². The van der Waals surface area contributed by atoms with Gasteiger partial charge in [-0.15, -0.1) is 0 Å². The van der Waals surface area contributed by atoms with Gasteiger partial charge in [-0.2, -0.15) is 0 Å². The fourth-order valence-electron chi connectivity index (χ4n) is 2.08. The fraction of sp³-hybridized carbons (Fsp3) is 0.125. The van der Waals surface area contributed by atoms with Crippen LogP contribution in [0.1, 0.15) is 0 Å². The quantitative estimate of drug-likeness (QED) is 0.743. The van der Waals surface area contributed by atoms with Crippen LogP contribution in [0.4, 0.5) is 0 Å². The monoisotopic (exact) mass is 300 g/mol. The Kier molecular flexibility index (Phi) is 3.88. The molecule has 5 heteroatoms. The molecule has 1 aromatic heterocycles. The highest BCUT2D eigenvalue weighted by molar-refractivity contribution is 6.32. The van der Waals surface area contributed by atoms with Gasteiger partial charge in [0.1, 0.15) is 12.4 Å². The molecule has 0 saturated carbocycles. The average Bonchev–Trinajstić information content (AvgIpc) is 2.52. The Bertz CT molecular complexity index is 830. The van der Waals surface area contributed by atoms with Crippen molar-refractivity contribution in [1.82, 2.24) is 9.55 Å². The molecule has 0 unspecified atom stereocenters. The van der Waals surface area contributed by atoms with Crippen molar-refractivity contribution in [2.75, 3.05) is 6.61 Å². The fourth-order valence-corrected chi connectivity index (χ4v) is 2.27. The molecule has 0 N–H and O–H groups in total. The van der Waals surface area contributed by atoms with E-state index in [4.69, 9.17) is 16.3 Å². The zero-order valence-corrected chi connectivity index (χ0v) is 12.0. The Labute approximate surface area is 126 Å². The molecule has 0 atom stereocenters. The maximum Gasteiger partial charge on any atom is 0.261 e. The third-order valence-electron chi connectivity index (χ3n) is 3.16. The minimum atomic E-state index is -0.0663. The number of para-hydroxylation sites is 2. The number of halogens is 1. The van der Waals surface area contributed by atoms with E-state index < -0.39 is 0 Å². The highest BCUT2D eigenvalue weighted by Gasteiger charge is 2.04. The van der Waals surface area contributed by atoms with Gasteiger partial charge >= 0.3 is 0 Å². The molecule has 0 aliphatic rings. The lowest BCUT2D eigenvalue weighted by molar-refractivity contribution is 0.296. The van der Waals surface area contributed by atoms with E-state index in [1.807, 2.05) is 30.3 Å². The van der Waals surface area contributed by atoms with Crippen LogP contribution in [0.25, 0.3) is 10.9 Å². The van der Waals surface area contributed by atoms with Crippen molar-refractivity contribution in [2.24, 2.45) is 0 Å². The second-order valence-electron chi connectivity index (χ2n) is 4.54. The second kappa shape index (κ2) is 5.97. The number of nitrogens with zero attached hydrogens (tertiary/aromatic N) is 2. The number of hydrogen-bond donors (Lipinski definition) is 0. The van der Waals surface area contributed by atoms with E-state index in [0.29, 0.717) is 34.8 Å². The highest BCUT2D eigenvalue weighted by atomic mass is 35.5. The van der Waals surface area contributed by atoms with Gasteiger partial charge in [0.25, 0.3) is 5.56 Å². The predicted molar refractivity (Wildman–Crippen MR) is 83.0 cm³/mol. The summed E-state index contributed by atoms with van der Waals surface area (Å²) in [5.41, 5.74) is 0.633. The Balaban J connectivity index is 1.76. The molecule has 3 aromatic rings. The summed E-state index contributed by atoms with van der Waals surface area (Å²) in [6.45, 7) is 0.769. The van der Waals surface area contributed by atoms with Crippen molar-refractivity contribution in [1.29, 1.82) is 0 Å². The van der Waals surface area contributed by atoms with Crippen LogP contribution in [0.2, 0.25) is 5.02 Å². The van der Waals surface area contributed by atoms with E-state index in [-0.39, 0.29) is 5.56 Å². The van der Waals surface area contributed by atoms with Gasteiger partial charge < -0.3 is 4.74 Å². The molecule has 0 aliphatic carbocycles. The first kappa shape index (κ1) is 13.6. The van der Waals surface area contributed by atoms with Gasteiger partial charge in [-0.3, -0.25) is 9.36 Å². The molecule has 0 bridgehead atoms. The van der Waals surface area contributed by atoms with Gasteiger partial charge in [0.05, 0.1) is 28.8 Å². The van der Waals surface area contributed by atoms with Crippen LogP contribution < -0.4 is 10.3 Å². The Morgan fingerprint density at radius 1 is 1.10 bits per heavy atom. The maximum absolute atomic E-state index is 12.3. The van der Waals surface area contributed by atoms with E-state index in [1.165, 1.54) is 0 Å². The molecule has 0 amide bonds. The standard InChI is InChI=1S/C16H13ClN2O2/c17-13-6-2-4-8-15(13)21-10-9-19-11-18-14-7-3-1-5-12(14)16(19)20/h1-8,11H,9-10H2. The Morgan fingerprint density at radius 3 is 2.71 bits per heavy atom. The van der Waals surface area contributed by atoms with Crippen molar-refractivity contribution in [3.8, 4) is 5.75 Å². The van der Waals surface area contributed by atoms with Gasteiger partial charge in [-0.25, -0.2) is 4.98 Å². The van der Waals surface area contributed by atoms with Crippen LogP contribution in [0.5, 0.6) is 5.75 Å². The van der Waals surface area contributed by atoms with Crippen molar-refractivity contribution in [2.45, 2.75) is 6.54 Å². The summed E-state index contributed by atoms with van der Waals surface area (Å²) in [5.74, 6) is 0.612. The van der Waals surface area contributed by atoms with Gasteiger partial charge in [0, 0.05) is 0 Å². The number of fused-ring (bicyclic) bond motifs is 1. The van der Waals surface area contributed by atoms with E-state index >= 15 is 0 Å². The summed E-state index contributed by atoms with van der Waals surface area (Å²) < 4.78 is 7.13. The predicted octanol–water partition coefficient (Wildman–Crippen LogP) is 3.13. The van der Waals surface area contributed by atoms with E-state index in [1.54, 1.807) is 29.1 Å². The minimum Gasteiger partial charge on any atom is -0.490 e. The molecule has 2 aromatic carbocycles. The first-order valence-corrected chi connectivity index (χ1v) is 6.95. The Hall–Kier alpha value is -2.33. The molecule has 106 valence electrons. The first-order chi connectivity index (χ1) is 10.3. The topological polar surface area (TPSA) is 44.1 Å². The number of hydrogen-bond acceptors (Lipinski definition) is 3. The summed E-state index contributed by atoms with van der Waals surface area (Å²) >= 11 is 6.01. The largest absolute Gasteiger partial charge is 0.490 e. The summed E-state index contributed by atoms with van der Waals surface area (Å²) in [4.78, 5) is 16.5. The van der Waals surface area contributed by atoms with Crippen LogP contribution >= 0.6 is 11.6 Å². The SMILES string of the molecule is O=c1c2ccccc2ncn1CCOc1ccccc1Cl. The van der Waals surface area contributed by atoms with Crippen molar-refractivity contribution >= 4 is 22.5 Å². The smallest absolute Gasteiger partial charge is 0.261 e. The highest BCUT2D eigenvalue weighted by Crippen LogP contribution is 2.22. The van der Waals surface area contributed by atoms with Crippen LogP contribution in [-0.4, -0.2) is 16.2 Å². The van der Waals surface area contributed by atoms with Gasteiger partial charge in [0.15, 0.2) is 0 Å². The maximum atomic E-state index is 12.3. The lowest BCUT2D eigenvalue weighted by Crippen LogP contribution is -2.23. The van der Waals surface area contributed by atoms with E-state index in [9.17, 15) is 4.79 Å². The molecular weight excluding hydrogens is 288 g/mol. The molecule has 1 heterocycles. The molecular formula is C16H13ClN2O2. The molecule has 0 aliphatic heterocycles. The summed E-state index contributed by atoms with van der Waals surface area (Å²) in [6.07, 6.45) is 1.54. The van der Waals surface area contributed by atoms with Gasteiger partial charge in [-0.05, 0) is 24.3 Å². The lowest BCUT2D eigenvalue weighted by atomic mass is 10.2. The molecule has 0 spiro atoms. The van der Waals surface area contributed by atoms with E-state index in [2.05, 4.69) is 4.98 Å². The minimum absolute atomic E-state index is 0.0663. The van der Waals surface area contributed by atoms with Crippen molar-refractivity contribution in [3.05, 3.63) is 70.2 Å². The summed E-state index contributed by atoms with van der Waals surface area (Å²) in [7, 11) is 0. The molecule has 0 fully saturated rings. The molecule has 0 radical (unpaired) electrons. The molecule has 0 saturated heterocycles. The molecule has 3 rings (SSSR count). The van der Waals surface area contributed by atoms with Crippen LogP contribution in [0.3, 0.4) is 0 Å². The summed E-state index contributed by atoms with van der Waals surface area (Å²) in [6, 6.07) is 14.5.